The summed E-state index contributed by atoms with van der Waals surface area (Å²) >= 11 is 9.74. The Kier molecular flexibility index (Phi) is 4.99. The fourth-order valence-corrected chi connectivity index (χ4v) is 3.35. The molecular weight excluding hydrogens is 459 g/mol. The minimum absolute atomic E-state index is 0.201. The summed E-state index contributed by atoms with van der Waals surface area (Å²) in [7, 11) is 1.40. The molecule has 0 aromatic heterocycles. The molecule has 0 saturated heterocycles. The molecule has 20 heavy (non-hydrogen) atoms. The van der Waals surface area contributed by atoms with Crippen LogP contribution in [0, 0.1) is 5.82 Å². The second-order valence-electron chi connectivity index (χ2n) is 3.95. The monoisotopic (exact) mass is 464 g/mol. The van der Waals surface area contributed by atoms with E-state index in [0.29, 0.717) is 11.1 Å². The maximum absolute atomic E-state index is 13.5. The molecule has 2 aromatic carbocycles. The van der Waals surface area contributed by atoms with Gasteiger partial charge < -0.3 is 4.74 Å². The third kappa shape index (κ3) is 3.30. The molecule has 6 heteroatoms. The lowest BCUT2D eigenvalue weighted by Crippen LogP contribution is -2.05. The zero-order valence-corrected chi connectivity index (χ0v) is 15.0. The van der Waals surface area contributed by atoms with Crippen molar-refractivity contribution in [2.75, 3.05) is 7.11 Å². The highest BCUT2D eigenvalue weighted by molar-refractivity contribution is 9.11. The van der Waals surface area contributed by atoms with Crippen molar-refractivity contribution in [3.8, 4) is 5.75 Å². The fourth-order valence-electron chi connectivity index (χ4n) is 1.72. The van der Waals surface area contributed by atoms with Gasteiger partial charge in [0.1, 0.15) is 11.6 Å². The third-order valence-corrected chi connectivity index (χ3v) is 4.14. The number of carbonyl (C=O) groups excluding carboxylic acids is 1. The van der Waals surface area contributed by atoms with Crippen LogP contribution in [0.1, 0.15) is 15.9 Å². The summed E-state index contributed by atoms with van der Waals surface area (Å²) in [5.41, 5.74) is 0.772. The fraction of sp³-hybridized carbons (Fsp3) is 0.0714. The van der Waals surface area contributed by atoms with Crippen molar-refractivity contribution in [1.82, 2.24) is 0 Å². The van der Waals surface area contributed by atoms with Crippen molar-refractivity contribution in [1.29, 1.82) is 0 Å². The van der Waals surface area contributed by atoms with Gasteiger partial charge in [0.2, 0.25) is 0 Å². The molecule has 0 heterocycles. The zero-order valence-electron chi connectivity index (χ0n) is 10.2. The minimum Gasteiger partial charge on any atom is -0.496 e. The molecular formula is C14H8Br3FO2. The quantitative estimate of drug-likeness (QED) is 0.570. The van der Waals surface area contributed by atoms with E-state index in [9.17, 15) is 9.18 Å². The normalized spacial score (nSPS) is 10.4. The molecule has 0 unspecified atom stereocenters. The van der Waals surface area contributed by atoms with Gasteiger partial charge in [-0.3, -0.25) is 4.79 Å². The molecule has 0 spiro atoms. The third-order valence-electron chi connectivity index (χ3n) is 2.61. The van der Waals surface area contributed by atoms with E-state index in [2.05, 4.69) is 47.8 Å². The molecule has 0 aliphatic heterocycles. The Labute approximate surface area is 140 Å². The highest BCUT2D eigenvalue weighted by Crippen LogP contribution is 2.30. The largest absolute Gasteiger partial charge is 0.496 e. The summed E-state index contributed by atoms with van der Waals surface area (Å²) in [4.78, 5) is 12.5. The Morgan fingerprint density at radius 2 is 1.65 bits per heavy atom. The molecule has 0 fully saturated rings. The number of benzene rings is 2. The van der Waals surface area contributed by atoms with Gasteiger partial charge in [0.05, 0.1) is 17.1 Å². The van der Waals surface area contributed by atoms with Gasteiger partial charge in [0.15, 0.2) is 5.78 Å². The van der Waals surface area contributed by atoms with Gasteiger partial charge in [-0.05, 0) is 40.2 Å². The topological polar surface area (TPSA) is 26.3 Å². The number of hydrogen-bond acceptors (Lipinski definition) is 2. The minimum atomic E-state index is -0.478. The van der Waals surface area contributed by atoms with Crippen LogP contribution in [0.2, 0.25) is 0 Å². The van der Waals surface area contributed by atoms with Crippen LogP contribution in [0.25, 0.3) is 0 Å². The zero-order chi connectivity index (χ0) is 14.9. The van der Waals surface area contributed by atoms with Gasteiger partial charge >= 0.3 is 0 Å². The second kappa shape index (κ2) is 6.37. The van der Waals surface area contributed by atoms with Crippen LogP contribution in [-0.2, 0) is 0 Å². The van der Waals surface area contributed by atoms with Gasteiger partial charge in [-0.2, -0.15) is 0 Å². The van der Waals surface area contributed by atoms with Crippen LogP contribution in [0.5, 0.6) is 5.75 Å². The maximum Gasteiger partial charge on any atom is 0.196 e. The number of halogens is 4. The molecule has 2 aromatic rings. The lowest BCUT2D eigenvalue weighted by molar-refractivity contribution is 0.103. The lowest BCUT2D eigenvalue weighted by atomic mass is 10.0. The summed E-state index contributed by atoms with van der Waals surface area (Å²) in [6.07, 6.45) is 0. The maximum atomic E-state index is 13.5. The molecule has 2 rings (SSSR count). The van der Waals surface area contributed by atoms with E-state index in [-0.39, 0.29) is 16.0 Å². The van der Waals surface area contributed by atoms with Crippen LogP contribution in [-0.4, -0.2) is 12.9 Å². The first-order valence-electron chi connectivity index (χ1n) is 5.46. The Balaban J connectivity index is 2.55. The number of hydrogen-bond donors (Lipinski definition) is 0. The predicted molar refractivity (Wildman–Crippen MR) is 85.9 cm³/mol. The van der Waals surface area contributed by atoms with Crippen molar-refractivity contribution >= 4 is 53.6 Å². The van der Waals surface area contributed by atoms with Crippen molar-refractivity contribution in [3.05, 3.63) is 60.7 Å². The van der Waals surface area contributed by atoms with E-state index in [4.69, 9.17) is 4.74 Å². The summed E-state index contributed by atoms with van der Waals surface area (Å²) < 4.78 is 20.3. The number of ketones is 1. The van der Waals surface area contributed by atoms with Crippen molar-refractivity contribution in [2.24, 2.45) is 0 Å². The molecule has 104 valence electrons. The first-order chi connectivity index (χ1) is 9.42. The Morgan fingerprint density at radius 1 is 1.05 bits per heavy atom. The lowest BCUT2D eigenvalue weighted by Gasteiger charge is -2.09. The van der Waals surface area contributed by atoms with Gasteiger partial charge in [-0.15, -0.1) is 0 Å². The average Bonchev–Trinajstić information content (AvgIpc) is 2.39. The summed E-state index contributed by atoms with van der Waals surface area (Å²) in [5, 5.41) is 0. The van der Waals surface area contributed by atoms with E-state index in [0.717, 1.165) is 8.95 Å². The highest BCUT2D eigenvalue weighted by Gasteiger charge is 2.18. The number of ether oxygens (including phenoxy) is 1. The Bertz CT molecular complexity index is 666. The van der Waals surface area contributed by atoms with E-state index < -0.39 is 5.82 Å². The molecule has 0 saturated carbocycles. The predicted octanol–water partition coefficient (Wildman–Crippen LogP) is 5.35. The van der Waals surface area contributed by atoms with Crippen LogP contribution in [0.3, 0.4) is 0 Å². The number of rotatable bonds is 3. The van der Waals surface area contributed by atoms with Gasteiger partial charge in [0.25, 0.3) is 0 Å². The van der Waals surface area contributed by atoms with Gasteiger partial charge in [-0.25, -0.2) is 4.39 Å². The van der Waals surface area contributed by atoms with Crippen molar-refractivity contribution < 1.29 is 13.9 Å². The summed E-state index contributed by atoms with van der Waals surface area (Å²) in [5.74, 6) is -0.523. The van der Waals surface area contributed by atoms with E-state index >= 15 is 0 Å². The van der Waals surface area contributed by atoms with Crippen molar-refractivity contribution in [3.63, 3.8) is 0 Å². The Hall–Kier alpha value is -0.720. The van der Waals surface area contributed by atoms with Crippen molar-refractivity contribution in [2.45, 2.75) is 0 Å². The van der Waals surface area contributed by atoms with E-state index in [1.165, 1.54) is 19.2 Å². The van der Waals surface area contributed by atoms with E-state index in [1.54, 1.807) is 12.1 Å². The van der Waals surface area contributed by atoms with Gasteiger partial charge in [-0.1, -0.05) is 31.9 Å². The van der Waals surface area contributed by atoms with Crippen LogP contribution in [0.4, 0.5) is 4.39 Å². The SMILES string of the molecule is COc1cc(F)c(Br)cc1C(=O)c1cc(Br)cc(Br)c1. The first kappa shape index (κ1) is 15.7. The van der Waals surface area contributed by atoms with Crippen LogP contribution in [0.15, 0.2) is 43.7 Å². The number of methoxy groups -OCH3 is 1. The molecule has 0 radical (unpaired) electrons. The second-order valence-corrected chi connectivity index (χ2v) is 6.64. The summed E-state index contributed by atoms with van der Waals surface area (Å²) in [6.45, 7) is 0. The summed E-state index contributed by atoms with van der Waals surface area (Å²) in [6, 6.07) is 7.83. The molecule has 0 amide bonds. The number of carbonyl (C=O) groups is 1. The molecule has 2 nitrogen and oxygen atoms in total. The van der Waals surface area contributed by atoms with Crippen LogP contribution >= 0.6 is 47.8 Å². The molecule has 0 aliphatic carbocycles. The molecule has 0 bridgehead atoms. The van der Waals surface area contributed by atoms with Crippen LogP contribution < -0.4 is 4.74 Å². The first-order valence-corrected chi connectivity index (χ1v) is 7.84. The Morgan fingerprint density at radius 3 is 2.20 bits per heavy atom. The molecule has 0 atom stereocenters. The standard InChI is InChI=1S/C14H8Br3FO2/c1-20-13-6-12(18)11(17)5-10(13)14(19)7-2-8(15)4-9(16)3-7/h2-6H,1H3. The average molecular weight is 467 g/mol. The molecule has 0 N–H and O–H groups in total. The van der Waals surface area contributed by atoms with E-state index in [1.807, 2.05) is 6.07 Å². The van der Waals surface area contributed by atoms with Gasteiger partial charge in [0, 0.05) is 20.6 Å². The highest BCUT2D eigenvalue weighted by atomic mass is 79.9. The smallest absolute Gasteiger partial charge is 0.196 e. The molecule has 0 aliphatic rings.